The van der Waals surface area contributed by atoms with Crippen molar-refractivity contribution in [2.24, 2.45) is 11.3 Å². The van der Waals surface area contributed by atoms with Gasteiger partial charge in [-0.05, 0) is 94.5 Å². The second-order valence-corrected chi connectivity index (χ2v) is 8.09. The van der Waals surface area contributed by atoms with Gasteiger partial charge in [-0.15, -0.1) is 0 Å². The molecule has 1 aliphatic heterocycles. The highest BCUT2D eigenvalue weighted by Crippen LogP contribution is 2.47. The molecule has 1 aromatic heterocycles. The number of hydrogen-bond donors (Lipinski definition) is 1. The standard InChI is InChI=1S/C20H30N2O2/c1-15-11-16(2)21-18(12-15)14-22-9-7-20(8-10-22)5-3-17(4-6-20)13-19(23)24/h11-12,17H,3-10,13-14H2,1-2H3,(H,23,24). The maximum atomic E-state index is 10.9. The smallest absolute Gasteiger partial charge is 0.303 e. The van der Waals surface area contributed by atoms with Gasteiger partial charge in [0, 0.05) is 18.7 Å². The fraction of sp³-hybridized carbons (Fsp3) is 0.700. The molecule has 1 aromatic rings. The van der Waals surface area contributed by atoms with Crippen LogP contribution in [-0.4, -0.2) is 34.0 Å². The zero-order valence-corrected chi connectivity index (χ0v) is 15.1. The number of carboxylic acids is 1. The van der Waals surface area contributed by atoms with Crippen LogP contribution in [0.5, 0.6) is 0 Å². The van der Waals surface area contributed by atoms with Gasteiger partial charge in [-0.2, -0.15) is 0 Å². The van der Waals surface area contributed by atoms with E-state index in [4.69, 9.17) is 5.11 Å². The third kappa shape index (κ3) is 4.35. The number of aromatic nitrogens is 1. The van der Waals surface area contributed by atoms with Crippen molar-refractivity contribution in [2.75, 3.05) is 13.1 Å². The molecule has 4 heteroatoms. The van der Waals surface area contributed by atoms with Crippen molar-refractivity contribution < 1.29 is 9.90 Å². The molecule has 0 bridgehead atoms. The van der Waals surface area contributed by atoms with Crippen molar-refractivity contribution in [3.05, 3.63) is 29.1 Å². The Labute approximate surface area is 145 Å². The first-order chi connectivity index (χ1) is 11.4. The highest BCUT2D eigenvalue weighted by molar-refractivity contribution is 5.67. The van der Waals surface area contributed by atoms with E-state index in [1.807, 2.05) is 0 Å². The van der Waals surface area contributed by atoms with Gasteiger partial charge in [0.05, 0.1) is 5.69 Å². The normalized spacial score (nSPS) is 21.9. The van der Waals surface area contributed by atoms with Crippen molar-refractivity contribution in [3.8, 4) is 0 Å². The van der Waals surface area contributed by atoms with E-state index in [1.54, 1.807) is 0 Å². The summed E-state index contributed by atoms with van der Waals surface area (Å²) in [6, 6.07) is 4.33. The van der Waals surface area contributed by atoms with Gasteiger partial charge < -0.3 is 5.11 Å². The fourth-order valence-corrected chi connectivity index (χ4v) is 4.66. The molecule has 0 amide bonds. The van der Waals surface area contributed by atoms with Gasteiger partial charge in [0.15, 0.2) is 0 Å². The number of aryl methyl sites for hydroxylation is 2. The number of carboxylic acid groups (broad SMARTS) is 1. The van der Waals surface area contributed by atoms with Crippen molar-refractivity contribution in [2.45, 2.75) is 65.3 Å². The minimum atomic E-state index is -0.633. The summed E-state index contributed by atoms with van der Waals surface area (Å²) in [6.07, 6.45) is 7.53. The van der Waals surface area contributed by atoms with Crippen LogP contribution < -0.4 is 0 Å². The van der Waals surface area contributed by atoms with Crippen molar-refractivity contribution in [1.82, 2.24) is 9.88 Å². The molecule has 0 radical (unpaired) electrons. The molecular formula is C20H30N2O2. The molecule has 132 valence electrons. The van der Waals surface area contributed by atoms with Crippen molar-refractivity contribution in [1.29, 1.82) is 0 Å². The van der Waals surface area contributed by atoms with Gasteiger partial charge in [-0.25, -0.2) is 0 Å². The van der Waals surface area contributed by atoms with Gasteiger partial charge in [0.1, 0.15) is 0 Å². The molecule has 4 nitrogen and oxygen atoms in total. The number of aliphatic carboxylic acids is 1. The summed E-state index contributed by atoms with van der Waals surface area (Å²) in [6.45, 7) is 7.47. The average Bonchev–Trinajstić information content (AvgIpc) is 2.51. The summed E-state index contributed by atoms with van der Waals surface area (Å²) in [5, 5.41) is 8.97. The lowest BCUT2D eigenvalue weighted by Gasteiger charge is -2.46. The minimum Gasteiger partial charge on any atom is -0.481 e. The number of pyridine rings is 1. The van der Waals surface area contributed by atoms with Gasteiger partial charge in [0.25, 0.3) is 0 Å². The van der Waals surface area contributed by atoms with Gasteiger partial charge >= 0.3 is 5.97 Å². The highest BCUT2D eigenvalue weighted by Gasteiger charge is 2.38. The minimum absolute atomic E-state index is 0.362. The molecule has 1 saturated carbocycles. The largest absolute Gasteiger partial charge is 0.481 e. The lowest BCUT2D eigenvalue weighted by Crippen LogP contribution is -2.41. The van der Waals surface area contributed by atoms with Crippen LogP contribution in [-0.2, 0) is 11.3 Å². The number of likely N-dealkylation sites (tertiary alicyclic amines) is 1. The summed E-state index contributed by atoms with van der Waals surface area (Å²) in [7, 11) is 0. The van der Waals surface area contributed by atoms with Gasteiger partial charge in [-0.1, -0.05) is 0 Å². The zero-order chi connectivity index (χ0) is 17.2. The molecule has 1 N–H and O–H groups in total. The molecule has 2 heterocycles. The third-order valence-corrected chi connectivity index (χ3v) is 6.08. The van der Waals surface area contributed by atoms with E-state index >= 15 is 0 Å². The molecule has 2 fully saturated rings. The molecule has 24 heavy (non-hydrogen) atoms. The second kappa shape index (κ2) is 7.22. The van der Waals surface area contributed by atoms with Crippen LogP contribution in [0.15, 0.2) is 12.1 Å². The predicted octanol–water partition coefficient (Wildman–Crippen LogP) is 3.95. The average molecular weight is 330 g/mol. The Morgan fingerprint density at radius 3 is 2.46 bits per heavy atom. The van der Waals surface area contributed by atoms with Crippen molar-refractivity contribution in [3.63, 3.8) is 0 Å². The first-order valence-electron chi connectivity index (χ1n) is 9.32. The van der Waals surface area contributed by atoms with Crippen LogP contribution in [0.2, 0.25) is 0 Å². The molecular weight excluding hydrogens is 300 g/mol. The Morgan fingerprint density at radius 2 is 1.88 bits per heavy atom. The molecule has 0 unspecified atom stereocenters. The Balaban J connectivity index is 1.50. The summed E-state index contributed by atoms with van der Waals surface area (Å²) < 4.78 is 0. The summed E-state index contributed by atoms with van der Waals surface area (Å²) >= 11 is 0. The number of nitrogens with zero attached hydrogens (tertiary/aromatic N) is 2. The Bertz CT molecular complexity index is 561. The SMILES string of the molecule is Cc1cc(C)nc(CN2CCC3(CCC(CC(=O)O)CC3)CC2)c1. The van der Waals surface area contributed by atoms with Gasteiger partial charge in [-0.3, -0.25) is 14.7 Å². The van der Waals surface area contributed by atoms with Crippen LogP contribution >= 0.6 is 0 Å². The van der Waals surface area contributed by atoms with E-state index in [2.05, 4.69) is 35.9 Å². The summed E-state index contributed by atoms with van der Waals surface area (Å²) in [4.78, 5) is 18.1. The predicted molar refractivity (Wildman–Crippen MR) is 94.9 cm³/mol. The zero-order valence-electron chi connectivity index (χ0n) is 15.1. The molecule has 1 saturated heterocycles. The lowest BCUT2D eigenvalue weighted by molar-refractivity contribution is -0.138. The number of hydrogen-bond acceptors (Lipinski definition) is 3. The molecule has 0 atom stereocenters. The van der Waals surface area contributed by atoms with Crippen LogP contribution in [0.3, 0.4) is 0 Å². The number of piperidine rings is 1. The van der Waals surface area contributed by atoms with E-state index in [1.165, 1.54) is 36.9 Å². The van der Waals surface area contributed by atoms with Crippen LogP contribution in [0.25, 0.3) is 0 Å². The number of carbonyl (C=O) groups is 1. The van der Waals surface area contributed by atoms with Crippen molar-refractivity contribution >= 4 is 5.97 Å². The highest BCUT2D eigenvalue weighted by atomic mass is 16.4. The molecule has 3 rings (SSSR count). The molecule has 0 aromatic carbocycles. The van der Waals surface area contributed by atoms with E-state index in [9.17, 15) is 4.79 Å². The Hall–Kier alpha value is -1.42. The molecule has 1 aliphatic carbocycles. The van der Waals surface area contributed by atoms with Gasteiger partial charge in [0.2, 0.25) is 0 Å². The maximum absolute atomic E-state index is 10.9. The Kier molecular flexibility index (Phi) is 5.24. The van der Waals surface area contributed by atoms with Crippen LogP contribution in [0.4, 0.5) is 0 Å². The summed E-state index contributed by atoms with van der Waals surface area (Å²) in [5.41, 5.74) is 4.08. The van der Waals surface area contributed by atoms with Crippen LogP contribution in [0.1, 0.15) is 61.9 Å². The first-order valence-corrected chi connectivity index (χ1v) is 9.32. The maximum Gasteiger partial charge on any atom is 0.303 e. The summed E-state index contributed by atoms with van der Waals surface area (Å²) in [5.74, 6) is -0.225. The second-order valence-electron chi connectivity index (χ2n) is 8.09. The Morgan fingerprint density at radius 1 is 1.21 bits per heavy atom. The fourth-order valence-electron chi connectivity index (χ4n) is 4.66. The number of rotatable bonds is 4. The van der Waals surface area contributed by atoms with E-state index in [0.717, 1.165) is 38.2 Å². The van der Waals surface area contributed by atoms with E-state index in [0.29, 0.717) is 17.8 Å². The van der Waals surface area contributed by atoms with E-state index < -0.39 is 5.97 Å². The quantitative estimate of drug-likeness (QED) is 0.908. The topological polar surface area (TPSA) is 53.4 Å². The molecule has 2 aliphatic rings. The molecule has 1 spiro atoms. The lowest BCUT2D eigenvalue weighted by atomic mass is 9.65. The monoisotopic (exact) mass is 330 g/mol. The third-order valence-electron chi connectivity index (χ3n) is 6.08. The first kappa shape index (κ1) is 17.4. The van der Waals surface area contributed by atoms with Crippen LogP contribution in [0, 0.1) is 25.2 Å². The van der Waals surface area contributed by atoms with E-state index in [-0.39, 0.29) is 0 Å².